The molecule has 0 aliphatic heterocycles. The Morgan fingerprint density at radius 2 is 2.29 bits per heavy atom. The van der Waals surface area contributed by atoms with E-state index in [2.05, 4.69) is 15.9 Å². The number of carbonyl (C=O) groups is 1. The first kappa shape index (κ1) is 11.0. The van der Waals surface area contributed by atoms with Crippen LogP contribution in [-0.4, -0.2) is 18.2 Å². The summed E-state index contributed by atoms with van der Waals surface area (Å²) in [6.07, 6.45) is 0. The number of aromatic carboxylic acids is 1. The summed E-state index contributed by atoms with van der Waals surface area (Å²) in [6, 6.07) is 2.31. The Kier molecular flexibility index (Phi) is 3.46. The first-order valence-corrected chi connectivity index (χ1v) is 4.88. The Morgan fingerprint density at radius 3 is 2.71 bits per heavy atom. The van der Waals surface area contributed by atoms with Gasteiger partial charge < -0.3 is 9.84 Å². The Bertz CT molecular complexity index is 365. The summed E-state index contributed by atoms with van der Waals surface area (Å²) < 4.78 is 18.1. The highest BCUT2D eigenvalue weighted by Crippen LogP contribution is 2.26. The molecule has 3 nitrogen and oxygen atoms in total. The lowest BCUT2D eigenvalue weighted by molar-refractivity contribution is 0.0696. The molecule has 1 aromatic rings. The van der Waals surface area contributed by atoms with E-state index in [9.17, 15) is 9.18 Å². The van der Waals surface area contributed by atoms with Gasteiger partial charge in [0, 0.05) is 10.9 Å². The van der Waals surface area contributed by atoms with E-state index in [1.54, 1.807) is 0 Å². The summed E-state index contributed by atoms with van der Waals surface area (Å²) in [6.45, 7) is 0. The van der Waals surface area contributed by atoms with Crippen LogP contribution >= 0.6 is 15.9 Å². The molecule has 0 atom stereocenters. The lowest BCUT2D eigenvalue weighted by Crippen LogP contribution is -2.01. The van der Waals surface area contributed by atoms with Crippen LogP contribution in [0.25, 0.3) is 0 Å². The Labute approximate surface area is 88.6 Å². The molecule has 0 saturated heterocycles. The van der Waals surface area contributed by atoms with Crippen molar-refractivity contribution in [2.24, 2.45) is 0 Å². The van der Waals surface area contributed by atoms with Crippen molar-refractivity contribution in [1.82, 2.24) is 0 Å². The molecular formula is C9H8BrFO3. The van der Waals surface area contributed by atoms with Gasteiger partial charge in [-0.2, -0.15) is 0 Å². The fourth-order valence-corrected chi connectivity index (χ4v) is 1.52. The normalized spacial score (nSPS) is 9.93. The van der Waals surface area contributed by atoms with Gasteiger partial charge in [0.25, 0.3) is 0 Å². The van der Waals surface area contributed by atoms with Gasteiger partial charge in [0.2, 0.25) is 0 Å². The van der Waals surface area contributed by atoms with Crippen LogP contribution in [0.4, 0.5) is 4.39 Å². The van der Waals surface area contributed by atoms with Crippen LogP contribution in [0.15, 0.2) is 12.1 Å². The number of halogens is 2. The van der Waals surface area contributed by atoms with Gasteiger partial charge in [-0.1, -0.05) is 15.9 Å². The Morgan fingerprint density at radius 1 is 1.64 bits per heavy atom. The van der Waals surface area contributed by atoms with Gasteiger partial charge in [-0.05, 0) is 12.1 Å². The minimum Gasteiger partial charge on any atom is -0.493 e. The van der Waals surface area contributed by atoms with Crippen molar-refractivity contribution >= 4 is 21.9 Å². The third-order valence-electron chi connectivity index (χ3n) is 1.72. The molecule has 0 aliphatic rings. The van der Waals surface area contributed by atoms with Crippen LogP contribution in [-0.2, 0) is 5.33 Å². The number of methoxy groups -OCH3 is 1. The maximum atomic E-state index is 13.2. The SMILES string of the molecule is COc1c(F)cc(C(=O)O)cc1CBr. The monoisotopic (exact) mass is 262 g/mol. The molecule has 0 spiro atoms. The van der Waals surface area contributed by atoms with Crippen LogP contribution in [0.1, 0.15) is 15.9 Å². The van der Waals surface area contributed by atoms with Gasteiger partial charge in [0.15, 0.2) is 11.6 Å². The number of hydrogen-bond donors (Lipinski definition) is 1. The van der Waals surface area contributed by atoms with Crippen LogP contribution < -0.4 is 4.74 Å². The maximum Gasteiger partial charge on any atom is 0.335 e. The molecule has 1 rings (SSSR count). The van der Waals surface area contributed by atoms with Gasteiger partial charge in [-0.25, -0.2) is 9.18 Å². The number of hydrogen-bond acceptors (Lipinski definition) is 2. The molecular weight excluding hydrogens is 255 g/mol. The average Bonchev–Trinajstić information content (AvgIpc) is 2.16. The fourth-order valence-electron chi connectivity index (χ4n) is 1.10. The van der Waals surface area contributed by atoms with Crippen LogP contribution in [0.5, 0.6) is 5.75 Å². The Hall–Kier alpha value is -1.10. The molecule has 0 radical (unpaired) electrons. The van der Waals surface area contributed by atoms with Crippen molar-refractivity contribution in [3.8, 4) is 5.75 Å². The predicted molar refractivity (Wildman–Crippen MR) is 52.5 cm³/mol. The molecule has 0 fully saturated rings. The van der Waals surface area contributed by atoms with E-state index in [0.717, 1.165) is 6.07 Å². The third-order valence-corrected chi connectivity index (χ3v) is 2.32. The highest BCUT2D eigenvalue weighted by atomic mass is 79.9. The highest BCUT2D eigenvalue weighted by molar-refractivity contribution is 9.08. The molecule has 0 bridgehead atoms. The average molecular weight is 263 g/mol. The number of alkyl halides is 1. The topological polar surface area (TPSA) is 46.5 Å². The van der Waals surface area contributed by atoms with E-state index in [1.165, 1.54) is 13.2 Å². The predicted octanol–water partition coefficient (Wildman–Crippen LogP) is 2.43. The van der Waals surface area contributed by atoms with Gasteiger partial charge in [0.1, 0.15) is 0 Å². The van der Waals surface area contributed by atoms with Crippen LogP contribution in [0, 0.1) is 5.82 Å². The number of carboxylic acids is 1. The van der Waals surface area contributed by atoms with Crippen molar-refractivity contribution in [3.05, 3.63) is 29.1 Å². The molecule has 0 aliphatic carbocycles. The third kappa shape index (κ3) is 2.04. The molecule has 0 saturated carbocycles. The quantitative estimate of drug-likeness (QED) is 0.852. The molecule has 1 N–H and O–H groups in total. The van der Waals surface area contributed by atoms with Crippen LogP contribution in [0.3, 0.4) is 0 Å². The second kappa shape index (κ2) is 4.41. The van der Waals surface area contributed by atoms with Crippen molar-refractivity contribution in [2.75, 3.05) is 7.11 Å². The minimum atomic E-state index is -1.16. The molecule has 1 aromatic carbocycles. The fraction of sp³-hybridized carbons (Fsp3) is 0.222. The largest absolute Gasteiger partial charge is 0.493 e. The minimum absolute atomic E-state index is 0.0758. The zero-order valence-corrected chi connectivity index (χ0v) is 8.97. The van der Waals surface area contributed by atoms with Crippen molar-refractivity contribution in [2.45, 2.75) is 5.33 Å². The van der Waals surface area contributed by atoms with E-state index in [-0.39, 0.29) is 11.3 Å². The van der Waals surface area contributed by atoms with Crippen molar-refractivity contribution in [1.29, 1.82) is 0 Å². The molecule has 5 heteroatoms. The summed E-state index contributed by atoms with van der Waals surface area (Å²) in [5.41, 5.74) is 0.391. The zero-order chi connectivity index (χ0) is 10.7. The van der Waals surface area contributed by atoms with E-state index >= 15 is 0 Å². The lowest BCUT2D eigenvalue weighted by Gasteiger charge is -2.08. The number of ether oxygens (including phenoxy) is 1. The summed E-state index contributed by atoms with van der Waals surface area (Å²) >= 11 is 3.13. The lowest BCUT2D eigenvalue weighted by atomic mass is 10.1. The van der Waals surface area contributed by atoms with Crippen LogP contribution in [0.2, 0.25) is 0 Å². The van der Waals surface area contributed by atoms with E-state index in [1.807, 2.05) is 0 Å². The van der Waals surface area contributed by atoms with E-state index in [4.69, 9.17) is 9.84 Å². The first-order chi connectivity index (χ1) is 6.60. The molecule has 76 valence electrons. The van der Waals surface area contributed by atoms with Gasteiger partial charge in [-0.15, -0.1) is 0 Å². The van der Waals surface area contributed by atoms with Gasteiger partial charge in [-0.3, -0.25) is 0 Å². The molecule has 0 amide bonds. The smallest absolute Gasteiger partial charge is 0.335 e. The van der Waals surface area contributed by atoms with Crippen molar-refractivity contribution < 1.29 is 19.0 Å². The first-order valence-electron chi connectivity index (χ1n) is 3.75. The van der Waals surface area contributed by atoms with E-state index in [0.29, 0.717) is 10.9 Å². The summed E-state index contributed by atoms with van der Waals surface area (Å²) in [5.74, 6) is -1.75. The molecule has 0 heterocycles. The summed E-state index contributed by atoms with van der Waals surface area (Å²) in [4.78, 5) is 10.6. The van der Waals surface area contributed by atoms with Gasteiger partial charge >= 0.3 is 5.97 Å². The molecule has 0 unspecified atom stereocenters. The molecule has 0 aromatic heterocycles. The molecule has 14 heavy (non-hydrogen) atoms. The summed E-state index contributed by atoms with van der Waals surface area (Å²) in [7, 11) is 1.34. The number of rotatable bonds is 3. The number of carboxylic acid groups (broad SMARTS) is 1. The number of benzene rings is 1. The highest BCUT2D eigenvalue weighted by Gasteiger charge is 2.13. The zero-order valence-electron chi connectivity index (χ0n) is 7.38. The van der Waals surface area contributed by atoms with Gasteiger partial charge in [0.05, 0.1) is 12.7 Å². The Balaban J connectivity index is 3.31. The maximum absolute atomic E-state index is 13.2. The summed E-state index contributed by atoms with van der Waals surface area (Å²) in [5, 5.41) is 9.01. The second-order valence-electron chi connectivity index (χ2n) is 2.59. The second-order valence-corrected chi connectivity index (χ2v) is 3.15. The van der Waals surface area contributed by atoms with E-state index < -0.39 is 11.8 Å². The standard InChI is InChI=1S/C9H8BrFO3/c1-14-8-6(4-10)2-5(9(12)13)3-7(8)11/h2-3H,4H2,1H3,(H,12,13). The van der Waals surface area contributed by atoms with Crippen molar-refractivity contribution in [3.63, 3.8) is 0 Å².